The number of thioether (sulfide) groups is 1. The molecule has 1 aromatic carbocycles. The number of nitrogens with one attached hydrogen (secondary N) is 2. The third-order valence-electron chi connectivity index (χ3n) is 3.40. The number of anilines is 1. The molecule has 1 aliphatic heterocycles. The lowest BCUT2D eigenvalue weighted by Crippen LogP contribution is -2.23. The summed E-state index contributed by atoms with van der Waals surface area (Å²) in [6.45, 7) is 3.06. The molecular formula is C14H19N3O3S. The zero-order valence-corrected chi connectivity index (χ0v) is 12.7. The van der Waals surface area contributed by atoms with Crippen LogP contribution >= 0.6 is 11.8 Å². The summed E-state index contributed by atoms with van der Waals surface area (Å²) in [5.74, 6) is 2.54. The van der Waals surface area contributed by atoms with Crippen molar-refractivity contribution in [2.24, 2.45) is 5.92 Å². The van der Waals surface area contributed by atoms with E-state index < -0.39 is 4.92 Å². The number of carbonyl (C=O) groups excluding carboxylic acids is 1. The minimum absolute atomic E-state index is 0.00805. The lowest BCUT2D eigenvalue weighted by molar-refractivity contribution is -0.384. The van der Waals surface area contributed by atoms with E-state index in [1.54, 1.807) is 6.07 Å². The van der Waals surface area contributed by atoms with E-state index in [1.165, 1.54) is 12.1 Å². The molecule has 1 fully saturated rings. The highest BCUT2D eigenvalue weighted by Gasteiger charge is 2.19. The van der Waals surface area contributed by atoms with Gasteiger partial charge in [0.2, 0.25) is 0 Å². The fourth-order valence-electron chi connectivity index (χ4n) is 2.24. The molecule has 1 aliphatic rings. The van der Waals surface area contributed by atoms with Crippen molar-refractivity contribution in [2.75, 3.05) is 29.9 Å². The van der Waals surface area contributed by atoms with Gasteiger partial charge in [-0.05, 0) is 42.9 Å². The van der Waals surface area contributed by atoms with Gasteiger partial charge in [-0.15, -0.1) is 0 Å². The van der Waals surface area contributed by atoms with Crippen molar-refractivity contribution in [1.29, 1.82) is 0 Å². The van der Waals surface area contributed by atoms with Crippen LogP contribution in [0.25, 0.3) is 0 Å². The van der Waals surface area contributed by atoms with Gasteiger partial charge in [-0.25, -0.2) is 0 Å². The van der Waals surface area contributed by atoms with Gasteiger partial charge in [0.1, 0.15) is 5.69 Å². The molecule has 0 bridgehead atoms. The standard InChI is InChI=1S/C14H19N3O3S/c1-2-15-14(18)11-3-4-13(17(19)20)12(7-11)16-8-10-5-6-21-9-10/h3-4,7,10,16H,2,5-6,8-9H2,1H3,(H,15,18). The maximum atomic E-state index is 11.8. The Labute approximate surface area is 127 Å². The van der Waals surface area contributed by atoms with Gasteiger partial charge in [-0.2, -0.15) is 11.8 Å². The molecule has 2 rings (SSSR count). The molecular weight excluding hydrogens is 290 g/mol. The van der Waals surface area contributed by atoms with Crippen molar-refractivity contribution in [3.63, 3.8) is 0 Å². The van der Waals surface area contributed by atoms with E-state index >= 15 is 0 Å². The molecule has 0 spiro atoms. The zero-order chi connectivity index (χ0) is 15.2. The SMILES string of the molecule is CCNC(=O)c1ccc([N+](=O)[O-])c(NCC2CCSC2)c1. The second-order valence-corrected chi connectivity index (χ2v) is 6.11. The summed E-state index contributed by atoms with van der Waals surface area (Å²) in [7, 11) is 0. The van der Waals surface area contributed by atoms with Crippen LogP contribution in [0.1, 0.15) is 23.7 Å². The molecule has 0 saturated carbocycles. The monoisotopic (exact) mass is 309 g/mol. The maximum absolute atomic E-state index is 11.8. The van der Waals surface area contributed by atoms with Crippen LogP contribution in [-0.2, 0) is 0 Å². The van der Waals surface area contributed by atoms with E-state index in [2.05, 4.69) is 10.6 Å². The number of rotatable bonds is 6. The highest BCUT2D eigenvalue weighted by atomic mass is 32.2. The molecule has 2 N–H and O–H groups in total. The van der Waals surface area contributed by atoms with Crippen LogP contribution in [0.4, 0.5) is 11.4 Å². The quantitative estimate of drug-likeness (QED) is 0.623. The second-order valence-electron chi connectivity index (χ2n) is 4.96. The minimum atomic E-state index is -0.423. The van der Waals surface area contributed by atoms with Crippen LogP contribution in [0.5, 0.6) is 0 Å². The van der Waals surface area contributed by atoms with Crippen molar-refractivity contribution in [1.82, 2.24) is 5.32 Å². The Morgan fingerprint density at radius 3 is 2.95 bits per heavy atom. The van der Waals surface area contributed by atoms with Crippen LogP contribution in [0, 0.1) is 16.0 Å². The van der Waals surface area contributed by atoms with Crippen molar-refractivity contribution >= 4 is 29.0 Å². The Hall–Kier alpha value is -1.76. The van der Waals surface area contributed by atoms with Crippen LogP contribution < -0.4 is 10.6 Å². The molecule has 1 atom stereocenters. The molecule has 1 heterocycles. The van der Waals surface area contributed by atoms with Crippen LogP contribution in [0.15, 0.2) is 18.2 Å². The van der Waals surface area contributed by atoms with Gasteiger partial charge >= 0.3 is 0 Å². The van der Waals surface area contributed by atoms with Gasteiger partial charge in [-0.3, -0.25) is 14.9 Å². The number of nitrogens with zero attached hydrogens (tertiary/aromatic N) is 1. The van der Waals surface area contributed by atoms with E-state index in [9.17, 15) is 14.9 Å². The average Bonchev–Trinajstić information content (AvgIpc) is 2.98. The van der Waals surface area contributed by atoms with E-state index in [-0.39, 0.29) is 11.6 Å². The smallest absolute Gasteiger partial charge is 0.292 e. The van der Waals surface area contributed by atoms with Crippen LogP contribution in [-0.4, -0.2) is 35.4 Å². The Morgan fingerprint density at radius 1 is 1.52 bits per heavy atom. The first-order valence-electron chi connectivity index (χ1n) is 7.00. The Balaban J connectivity index is 2.15. The first-order chi connectivity index (χ1) is 10.1. The van der Waals surface area contributed by atoms with E-state index in [4.69, 9.17) is 0 Å². The highest BCUT2D eigenvalue weighted by molar-refractivity contribution is 7.99. The second kappa shape index (κ2) is 7.31. The molecule has 21 heavy (non-hydrogen) atoms. The van der Waals surface area contributed by atoms with E-state index in [1.807, 2.05) is 18.7 Å². The molecule has 1 unspecified atom stereocenters. The van der Waals surface area contributed by atoms with Crippen molar-refractivity contribution in [2.45, 2.75) is 13.3 Å². The summed E-state index contributed by atoms with van der Waals surface area (Å²) in [5.41, 5.74) is 0.861. The predicted octanol–water partition coefficient (Wildman–Crippen LogP) is 2.51. The molecule has 114 valence electrons. The molecule has 0 aliphatic carbocycles. The largest absolute Gasteiger partial charge is 0.379 e. The lowest BCUT2D eigenvalue weighted by Gasteiger charge is -2.12. The number of carbonyl (C=O) groups is 1. The molecule has 0 aromatic heterocycles. The van der Waals surface area contributed by atoms with Gasteiger partial charge in [0.25, 0.3) is 11.6 Å². The van der Waals surface area contributed by atoms with Gasteiger partial charge in [0, 0.05) is 24.7 Å². The molecule has 1 amide bonds. The fraction of sp³-hybridized carbons (Fsp3) is 0.500. The third kappa shape index (κ3) is 4.10. The highest BCUT2D eigenvalue weighted by Crippen LogP contribution is 2.28. The summed E-state index contributed by atoms with van der Waals surface area (Å²) in [6.07, 6.45) is 1.13. The number of nitro benzene ring substituents is 1. The third-order valence-corrected chi connectivity index (χ3v) is 4.63. The summed E-state index contributed by atoms with van der Waals surface area (Å²) >= 11 is 1.90. The zero-order valence-electron chi connectivity index (χ0n) is 11.9. The van der Waals surface area contributed by atoms with Crippen molar-refractivity contribution < 1.29 is 9.72 Å². The minimum Gasteiger partial charge on any atom is -0.379 e. The molecule has 6 nitrogen and oxygen atoms in total. The van der Waals surface area contributed by atoms with Gasteiger partial charge < -0.3 is 10.6 Å². The van der Waals surface area contributed by atoms with Gasteiger partial charge in [0.05, 0.1) is 4.92 Å². The van der Waals surface area contributed by atoms with Crippen LogP contribution in [0.2, 0.25) is 0 Å². The van der Waals surface area contributed by atoms with E-state index in [0.717, 1.165) is 17.9 Å². The molecule has 0 radical (unpaired) electrons. The molecule has 7 heteroatoms. The number of amides is 1. The molecule has 1 saturated heterocycles. The first kappa shape index (κ1) is 15.6. The summed E-state index contributed by atoms with van der Waals surface area (Å²) in [5, 5.41) is 16.9. The Morgan fingerprint density at radius 2 is 2.33 bits per heavy atom. The fourth-order valence-corrected chi connectivity index (χ4v) is 3.52. The maximum Gasteiger partial charge on any atom is 0.292 e. The Bertz CT molecular complexity index is 530. The topological polar surface area (TPSA) is 84.3 Å². The van der Waals surface area contributed by atoms with Gasteiger partial charge in [-0.1, -0.05) is 0 Å². The average molecular weight is 309 g/mol. The number of hydrogen-bond acceptors (Lipinski definition) is 5. The van der Waals surface area contributed by atoms with Crippen molar-refractivity contribution in [3.8, 4) is 0 Å². The predicted molar refractivity (Wildman–Crippen MR) is 85.0 cm³/mol. The molecule has 1 aromatic rings. The summed E-state index contributed by atoms with van der Waals surface area (Å²) in [6, 6.07) is 4.43. The summed E-state index contributed by atoms with van der Waals surface area (Å²) in [4.78, 5) is 22.5. The normalized spacial score (nSPS) is 17.5. The van der Waals surface area contributed by atoms with Crippen LogP contribution in [0.3, 0.4) is 0 Å². The van der Waals surface area contributed by atoms with Gasteiger partial charge in [0.15, 0.2) is 0 Å². The lowest BCUT2D eigenvalue weighted by atomic mass is 10.1. The number of nitro groups is 1. The van der Waals surface area contributed by atoms with Crippen molar-refractivity contribution in [3.05, 3.63) is 33.9 Å². The number of hydrogen-bond donors (Lipinski definition) is 2. The Kier molecular flexibility index (Phi) is 5.44. The number of benzene rings is 1. The summed E-state index contributed by atoms with van der Waals surface area (Å²) < 4.78 is 0. The first-order valence-corrected chi connectivity index (χ1v) is 8.15. The van der Waals surface area contributed by atoms with E-state index in [0.29, 0.717) is 30.3 Å².